The molecule has 5 fully saturated rings. The highest BCUT2D eigenvalue weighted by molar-refractivity contribution is 5.87. The predicted molar refractivity (Wildman–Crippen MR) is 81.2 cm³/mol. The van der Waals surface area contributed by atoms with Crippen molar-refractivity contribution in [2.24, 2.45) is 34.5 Å². The second-order valence-electron chi connectivity index (χ2n) is 8.96. The van der Waals surface area contributed by atoms with Crippen LogP contribution in [-0.2, 0) is 14.3 Å². The van der Waals surface area contributed by atoms with E-state index in [9.17, 15) is 9.59 Å². The summed E-state index contributed by atoms with van der Waals surface area (Å²) in [6.45, 7) is 3.12. The van der Waals surface area contributed by atoms with Gasteiger partial charge in [0.2, 0.25) is 0 Å². The van der Waals surface area contributed by atoms with Gasteiger partial charge in [0.1, 0.15) is 11.6 Å². The maximum atomic E-state index is 12.4. The zero-order valence-corrected chi connectivity index (χ0v) is 13.5. The van der Waals surface area contributed by atoms with Crippen molar-refractivity contribution in [3.8, 4) is 0 Å². The van der Waals surface area contributed by atoms with E-state index in [1.165, 1.54) is 6.42 Å². The maximum absolute atomic E-state index is 12.4. The van der Waals surface area contributed by atoms with Gasteiger partial charge in [0, 0.05) is 36.0 Å². The fraction of sp³-hybridized carbons (Fsp3) is 0.895. The first-order chi connectivity index (χ1) is 10.5. The van der Waals surface area contributed by atoms with E-state index in [1.807, 2.05) is 0 Å². The molecule has 0 aromatic heterocycles. The van der Waals surface area contributed by atoms with Crippen LogP contribution in [0.1, 0.15) is 58.3 Å². The van der Waals surface area contributed by atoms with E-state index in [-0.39, 0.29) is 10.8 Å². The van der Waals surface area contributed by atoms with E-state index < -0.39 is 0 Å². The summed E-state index contributed by atoms with van der Waals surface area (Å²) in [7, 11) is 0. The first kappa shape index (κ1) is 13.7. The molecule has 0 aromatic carbocycles. The number of hydrogen-bond donors (Lipinski definition) is 0. The van der Waals surface area contributed by atoms with Gasteiger partial charge in [-0.2, -0.15) is 0 Å². The van der Waals surface area contributed by atoms with E-state index in [2.05, 4.69) is 6.92 Å². The summed E-state index contributed by atoms with van der Waals surface area (Å²) < 4.78 is 6.23. The second-order valence-corrected chi connectivity index (χ2v) is 8.96. The van der Waals surface area contributed by atoms with Crippen molar-refractivity contribution in [3.63, 3.8) is 0 Å². The van der Waals surface area contributed by atoms with E-state index >= 15 is 0 Å². The van der Waals surface area contributed by atoms with Crippen LogP contribution in [0.15, 0.2) is 0 Å². The van der Waals surface area contributed by atoms with Gasteiger partial charge in [0.05, 0.1) is 12.7 Å². The number of ketones is 2. The van der Waals surface area contributed by atoms with Crippen LogP contribution in [0, 0.1) is 34.5 Å². The Morgan fingerprint density at radius 1 is 1.05 bits per heavy atom. The largest absolute Gasteiger partial charge is 0.377 e. The molecule has 120 valence electrons. The monoisotopic (exact) mass is 302 g/mol. The van der Waals surface area contributed by atoms with Crippen LogP contribution in [0.3, 0.4) is 0 Å². The first-order valence-electron chi connectivity index (χ1n) is 9.21. The summed E-state index contributed by atoms with van der Waals surface area (Å²) in [5, 5.41) is 0. The van der Waals surface area contributed by atoms with E-state index in [0.29, 0.717) is 41.3 Å². The molecule has 22 heavy (non-hydrogen) atoms. The Kier molecular flexibility index (Phi) is 2.63. The predicted octanol–water partition coefficient (Wildman–Crippen LogP) is 3.16. The van der Waals surface area contributed by atoms with Crippen molar-refractivity contribution in [1.82, 2.24) is 0 Å². The Bertz CT molecular complexity index is 555. The molecule has 3 heteroatoms. The summed E-state index contributed by atoms with van der Waals surface area (Å²) in [5.74, 6) is 3.40. The molecule has 5 aliphatic rings. The Morgan fingerprint density at radius 2 is 1.91 bits per heavy atom. The Balaban J connectivity index is 1.54. The van der Waals surface area contributed by atoms with Gasteiger partial charge in [-0.3, -0.25) is 9.59 Å². The highest BCUT2D eigenvalue weighted by atomic mass is 16.5. The van der Waals surface area contributed by atoms with Crippen molar-refractivity contribution in [2.45, 2.75) is 64.4 Å². The molecule has 0 spiro atoms. The van der Waals surface area contributed by atoms with Gasteiger partial charge in [-0.1, -0.05) is 6.92 Å². The van der Waals surface area contributed by atoms with Crippen molar-refractivity contribution in [3.05, 3.63) is 0 Å². The fourth-order valence-electron chi connectivity index (χ4n) is 7.34. The normalized spacial score (nSPS) is 56.5. The van der Waals surface area contributed by atoms with E-state index in [1.54, 1.807) is 0 Å². The van der Waals surface area contributed by atoms with Crippen LogP contribution in [0.4, 0.5) is 0 Å². The molecule has 3 nitrogen and oxygen atoms in total. The molecule has 1 aliphatic heterocycles. The highest BCUT2D eigenvalue weighted by Gasteiger charge is 2.66. The summed E-state index contributed by atoms with van der Waals surface area (Å²) >= 11 is 0. The molecule has 4 saturated carbocycles. The summed E-state index contributed by atoms with van der Waals surface area (Å²) in [5.41, 5.74) is 0.225. The van der Waals surface area contributed by atoms with Gasteiger partial charge in [-0.05, 0) is 49.9 Å². The number of fused-ring (bicyclic) bond motifs is 3. The molecule has 0 aromatic rings. The molecule has 0 amide bonds. The Labute approximate surface area is 132 Å². The molecular formula is C19H26O3. The van der Waals surface area contributed by atoms with Crippen LogP contribution >= 0.6 is 0 Å². The summed E-state index contributed by atoms with van der Waals surface area (Å²) in [4.78, 5) is 24.4. The van der Waals surface area contributed by atoms with Gasteiger partial charge >= 0.3 is 0 Å². The van der Waals surface area contributed by atoms with E-state index in [0.717, 1.165) is 51.6 Å². The first-order valence-corrected chi connectivity index (χ1v) is 9.21. The standard InChI is InChI=1S/C19H26O3/c1-18-6-5-14-12(13(18)2-3-17(18)21)9-16-15-8-11(20)4-7-19(14,15)10-22-16/h12-16H,2-10H2,1H3/t12-,13-,14?,15?,16+,18-,19-/m0/s1. The van der Waals surface area contributed by atoms with Crippen LogP contribution in [0.5, 0.6) is 0 Å². The van der Waals surface area contributed by atoms with E-state index in [4.69, 9.17) is 4.74 Å². The fourth-order valence-corrected chi connectivity index (χ4v) is 7.34. The van der Waals surface area contributed by atoms with Crippen LogP contribution in [0.25, 0.3) is 0 Å². The minimum atomic E-state index is -0.0471. The van der Waals surface area contributed by atoms with Crippen LogP contribution in [-0.4, -0.2) is 24.3 Å². The lowest BCUT2D eigenvalue weighted by Crippen LogP contribution is -2.56. The number of hydrogen-bond acceptors (Lipinski definition) is 3. The second kappa shape index (κ2) is 4.23. The Morgan fingerprint density at radius 3 is 2.77 bits per heavy atom. The van der Waals surface area contributed by atoms with Gasteiger partial charge in [0.15, 0.2) is 0 Å². The average molecular weight is 302 g/mol. The summed E-state index contributed by atoms with van der Waals surface area (Å²) in [6, 6.07) is 0. The molecular weight excluding hydrogens is 276 g/mol. The quantitative estimate of drug-likeness (QED) is 0.690. The lowest BCUT2D eigenvalue weighted by atomic mass is 9.45. The van der Waals surface area contributed by atoms with Crippen LogP contribution in [0.2, 0.25) is 0 Å². The molecule has 5 rings (SSSR count). The minimum absolute atomic E-state index is 0.0471. The molecule has 7 atom stereocenters. The van der Waals surface area contributed by atoms with Crippen molar-refractivity contribution < 1.29 is 14.3 Å². The topological polar surface area (TPSA) is 43.4 Å². The number of carbonyl (C=O) groups excluding carboxylic acids is 2. The number of rotatable bonds is 0. The molecule has 1 heterocycles. The smallest absolute Gasteiger partial charge is 0.139 e. The molecule has 1 saturated heterocycles. The van der Waals surface area contributed by atoms with Crippen LogP contribution < -0.4 is 0 Å². The number of Topliss-reactive ketones (excluding diaryl/α,β-unsaturated/α-hetero) is 2. The number of carbonyl (C=O) groups is 2. The average Bonchev–Trinajstić information content (AvgIpc) is 2.94. The van der Waals surface area contributed by atoms with Crippen molar-refractivity contribution in [2.75, 3.05) is 6.61 Å². The highest BCUT2D eigenvalue weighted by Crippen LogP contribution is 2.67. The SMILES string of the molecule is C[C@]12CCC3[C@@H](C[C@H]4OC[C@@]35CCC(=O)CC45)[C@@H]1CCC2=O. The number of ether oxygens (including phenoxy) is 1. The van der Waals surface area contributed by atoms with Crippen molar-refractivity contribution in [1.29, 1.82) is 0 Å². The molecule has 0 N–H and O–H groups in total. The molecule has 4 aliphatic carbocycles. The van der Waals surface area contributed by atoms with Gasteiger partial charge < -0.3 is 4.74 Å². The third-order valence-corrected chi connectivity index (χ3v) is 8.46. The van der Waals surface area contributed by atoms with Gasteiger partial charge in [-0.25, -0.2) is 0 Å². The zero-order valence-electron chi connectivity index (χ0n) is 13.5. The molecule has 0 radical (unpaired) electrons. The third kappa shape index (κ3) is 1.47. The lowest BCUT2D eigenvalue weighted by Gasteiger charge is -2.57. The Hall–Kier alpha value is -0.700. The lowest BCUT2D eigenvalue weighted by molar-refractivity contribution is -0.141. The van der Waals surface area contributed by atoms with Gasteiger partial charge in [-0.15, -0.1) is 0 Å². The third-order valence-electron chi connectivity index (χ3n) is 8.46. The minimum Gasteiger partial charge on any atom is -0.377 e. The van der Waals surface area contributed by atoms with Gasteiger partial charge in [0.25, 0.3) is 0 Å². The maximum Gasteiger partial charge on any atom is 0.139 e. The summed E-state index contributed by atoms with van der Waals surface area (Å²) in [6.07, 6.45) is 8.13. The molecule has 2 unspecified atom stereocenters. The molecule has 2 bridgehead atoms. The zero-order chi connectivity index (χ0) is 15.1. The van der Waals surface area contributed by atoms with Crippen molar-refractivity contribution >= 4 is 11.6 Å².